The molecule has 104 valence electrons. The molecule has 1 N–H and O–H groups in total. The highest BCUT2D eigenvalue weighted by Gasteiger charge is 2.04. The van der Waals surface area contributed by atoms with Crippen LogP contribution in [0.4, 0.5) is 0 Å². The van der Waals surface area contributed by atoms with Crippen LogP contribution in [0.5, 0.6) is 5.75 Å². The average molecular weight is 263 g/mol. The van der Waals surface area contributed by atoms with Crippen molar-refractivity contribution in [3.63, 3.8) is 0 Å². The molecule has 0 bridgehead atoms. The largest absolute Gasteiger partial charge is 0.545 e. The number of aliphatic carboxylic acids is 1. The molecular weight excluding hydrogens is 242 g/mol. The van der Waals surface area contributed by atoms with Crippen molar-refractivity contribution in [2.24, 2.45) is 0 Å². The van der Waals surface area contributed by atoms with E-state index in [1.807, 2.05) is 24.3 Å². The molecule has 1 aromatic rings. The van der Waals surface area contributed by atoms with Crippen LogP contribution in [0, 0.1) is 0 Å². The highest BCUT2D eigenvalue weighted by Crippen LogP contribution is 2.18. The van der Waals surface area contributed by atoms with Gasteiger partial charge in [0.2, 0.25) is 0 Å². The van der Waals surface area contributed by atoms with Gasteiger partial charge in [0.25, 0.3) is 0 Å². The summed E-state index contributed by atoms with van der Waals surface area (Å²) in [6.07, 6.45) is 2.51. The lowest BCUT2D eigenvalue weighted by Gasteiger charge is -2.16. The van der Waals surface area contributed by atoms with Gasteiger partial charge in [-0.05, 0) is 32.1 Å². The lowest BCUT2D eigenvalue weighted by Crippen LogP contribution is -3.12. The summed E-state index contributed by atoms with van der Waals surface area (Å²) in [5, 5.41) is 10.4. The predicted octanol–water partition coefficient (Wildman–Crippen LogP) is -0.247. The van der Waals surface area contributed by atoms with Crippen LogP contribution < -0.4 is 14.7 Å². The molecule has 0 aromatic heterocycles. The smallest absolute Gasteiger partial charge is 0.137 e. The summed E-state index contributed by atoms with van der Waals surface area (Å²) in [6, 6.07) is 7.37. The number of hydrogen-bond acceptors (Lipinski definition) is 3. The van der Waals surface area contributed by atoms with E-state index < -0.39 is 5.97 Å². The number of hydrogen-bond donors (Lipinski definition) is 1. The molecule has 0 aliphatic heterocycles. The first-order valence-corrected chi connectivity index (χ1v) is 6.61. The summed E-state index contributed by atoms with van der Waals surface area (Å²) in [7, 11) is 0. The normalized spacial score (nSPS) is 11.1. The number of benzene rings is 1. The monoisotopic (exact) mass is 263 g/mol. The van der Waals surface area contributed by atoms with Gasteiger partial charge in [0.1, 0.15) is 18.9 Å². The van der Waals surface area contributed by atoms with E-state index >= 15 is 0 Å². The third kappa shape index (κ3) is 5.57. The van der Waals surface area contributed by atoms with Gasteiger partial charge in [0, 0.05) is 5.56 Å². The van der Waals surface area contributed by atoms with Crippen molar-refractivity contribution in [3.8, 4) is 5.75 Å². The molecule has 0 saturated heterocycles. The number of carbonyl (C=O) groups excluding carboxylic acids is 1. The molecule has 4 heteroatoms. The molecule has 0 aliphatic rings. The SMILES string of the molecule is CC[NH+](CC)CCOc1ccccc1/C=C/C(=O)[O-]. The van der Waals surface area contributed by atoms with Crippen LogP contribution in [0.3, 0.4) is 0 Å². The maximum absolute atomic E-state index is 10.4. The van der Waals surface area contributed by atoms with E-state index in [1.165, 1.54) is 11.0 Å². The first kappa shape index (κ1) is 15.2. The third-order valence-corrected chi connectivity index (χ3v) is 3.03. The third-order valence-electron chi connectivity index (χ3n) is 3.03. The van der Waals surface area contributed by atoms with E-state index in [-0.39, 0.29) is 0 Å². The van der Waals surface area contributed by atoms with Gasteiger partial charge in [-0.1, -0.05) is 18.2 Å². The Bertz CT molecular complexity index is 425. The van der Waals surface area contributed by atoms with Gasteiger partial charge in [-0.15, -0.1) is 0 Å². The molecule has 1 aromatic carbocycles. The Hall–Kier alpha value is -1.81. The second-order valence-electron chi connectivity index (χ2n) is 4.25. The van der Waals surface area contributed by atoms with Crippen molar-refractivity contribution in [2.45, 2.75) is 13.8 Å². The van der Waals surface area contributed by atoms with E-state index in [9.17, 15) is 9.90 Å². The molecule has 0 saturated carbocycles. The zero-order valence-corrected chi connectivity index (χ0v) is 11.5. The van der Waals surface area contributed by atoms with Crippen LogP contribution in [0.25, 0.3) is 6.08 Å². The highest BCUT2D eigenvalue weighted by atomic mass is 16.5. The quantitative estimate of drug-likeness (QED) is 0.658. The summed E-state index contributed by atoms with van der Waals surface area (Å²) in [6.45, 7) is 8.00. The maximum Gasteiger partial charge on any atom is 0.137 e. The van der Waals surface area contributed by atoms with Gasteiger partial charge >= 0.3 is 0 Å². The topological polar surface area (TPSA) is 53.8 Å². The number of rotatable bonds is 8. The molecule has 0 spiro atoms. The maximum atomic E-state index is 10.4. The molecule has 0 atom stereocenters. The fourth-order valence-electron chi connectivity index (χ4n) is 1.82. The summed E-state index contributed by atoms with van der Waals surface area (Å²) < 4.78 is 5.72. The lowest BCUT2D eigenvalue weighted by atomic mass is 10.2. The van der Waals surface area contributed by atoms with Gasteiger partial charge in [-0.25, -0.2) is 0 Å². The second kappa shape index (κ2) is 8.32. The van der Waals surface area contributed by atoms with Crippen LogP contribution >= 0.6 is 0 Å². The minimum Gasteiger partial charge on any atom is -0.545 e. The van der Waals surface area contributed by atoms with Crippen LogP contribution in [-0.2, 0) is 4.79 Å². The van der Waals surface area contributed by atoms with Crippen molar-refractivity contribution in [3.05, 3.63) is 35.9 Å². The zero-order valence-electron chi connectivity index (χ0n) is 11.5. The number of ether oxygens (including phenoxy) is 1. The van der Waals surface area contributed by atoms with Gasteiger partial charge < -0.3 is 19.5 Å². The molecule has 1 rings (SSSR count). The Morgan fingerprint density at radius 1 is 1.32 bits per heavy atom. The fourth-order valence-corrected chi connectivity index (χ4v) is 1.82. The average Bonchev–Trinajstić information content (AvgIpc) is 2.42. The lowest BCUT2D eigenvalue weighted by molar-refractivity contribution is -0.896. The van der Waals surface area contributed by atoms with Crippen molar-refractivity contribution in [1.29, 1.82) is 0 Å². The fraction of sp³-hybridized carbons (Fsp3) is 0.400. The van der Waals surface area contributed by atoms with Gasteiger partial charge in [0.15, 0.2) is 0 Å². The summed E-state index contributed by atoms with van der Waals surface area (Å²) >= 11 is 0. The predicted molar refractivity (Wildman–Crippen MR) is 72.9 cm³/mol. The Labute approximate surface area is 114 Å². The van der Waals surface area contributed by atoms with Crippen molar-refractivity contribution >= 4 is 12.0 Å². The number of nitrogens with one attached hydrogen (secondary N) is 1. The van der Waals surface area contributed by atoms with Gasteiger partial charge in [0.05, 0.1) is 19.1 Å². The molecule has 19 heavy (non-hydrogen) atoms. The zero-order chi connectivity index (χ0) is 14.1. The Balaban J connectivity index is 2.60. The van der Waals surface area contributed by atoms with E-state index in [4.69, 9.17) is 4.74 Å². The molecular formula is C15H21NO3. The van der Waals surface area contributed by atoms with E-state index in [2.05, 4.69) is 13.8 Å². The molecule has 0 amide bonds. The second-order valence-corrected chi connectivity index (χ2v) is 4.25. The van der Waals surface area contributed by atoms with Gasteiger partial charge in [-0.2, -0.15) is 0 Å². The number of quaternary nitrogens is 1. The Kier molecular flexibility index (Phi) is 6.68. The minimum absolute atomic E-state index is 0.618. The summed E-state index contributed by atoms with van der Waals surface area (Å²) in [5.41, 5.74) is 0.751. The molecule has 0 radical (unpaired) electrons. The number of carboxylic acid groups (broad SMARTS) is 1. The van der Waals surface area contributed by atoms with Crippen molar-refractivity contribution < 1.29 is 19.5 Å². The standard InChI is InChI=1S/C15H21NO3/c1-3-16(4-2)11-12-19-14-8-6-5-7-13(14)9-10-15(17)18/h5-10H,3-4,11-12H2,1-2H3,(H,17,18)/b10-9+. The van der Waals surface area contributed by atoms with E-state index in [0.717, 1.165) is 31.3 Å². The Morgan fingerprint density at radius 2 is 2.00 bits per heavy atom. The number of para-hydroxylation sites is 1. The molecule has 0 aliphatic carbocycles. The van der Waals surface area contributed by atoms with Crippen molar-refractivity contribution in [1.82, 2.24) is 0 Å². The van der Waals surface area contributed by atoms with Gasteiger partial charge in [-0.3, -0.25) is 0 Å². The first-order valence-electron chi connectivity index (χ1n) is 6.61. The molecule has 0 unspecified atom stereocenters. The van der Waals surface area contributed by atoms with Crippen LogP contribution in [-0.4, -0.2) is 32.2 Å². The minimum atomic E-state index is -1.21. The highest BCUT2D eigenvalue weighted by molar-refractivity contribution is 5.84. The summed E-state index contributed by atoms with van der Waals surface area (Å²) in [5.74, 6) is -0.506. The number of carboxylic acids is 1. The van der Waals surface area contributed by atoms with Crippen LogP contribution in [0.2, 0.25) is 0 Å². The number of likely N-dealkylation sites (N-methyl/N-ethyl adjacent to an activating group) is 1. The number of carbonyl (C=O) groups is 1. The first-order chi connectivity index (χ1) is 9.17. The van der Waals surface area contributed by atoms with E-state index in [1.54, 1.807) is 0 Å². The summed E-state index contributed by atoms with van der Waals surface area (Å²) in [4.78, 5) is 11.9. The van der Waals surface area contributed by atoms with E-state index in [0.29, 0.717) is 12.4 Å². The molecule has 4 nitrogen and oxygen atoms in total. The molecule has 0 heterocycles. The molecule has 0 fully saturated rings. The van der Waals surface area contributed by atoms with Crippen LogP contribution in [0.15, 0.2) is 30.3 Å². The Morgan fingerprint density at radius 3 is 2.63 bits per heavy atom. The van der Waals surface area contributed by atoms with Crippen LogP contribution in [0.1, 0.15) is 19.4 Å². The van der Waals surface area contributed by atoms with Crippen molar-refractivity contribution in [2.75, 3.05) is 26.2 Å².